The van der Waals surface area contributed by atoms with Gasteiger partial charge in [-0.25, -0.2) is 0 Å². The van der Waals surface area contributed by atoms with Crippen LogP contribution in [0.25, 0.3) is 0 Å². The van der Waals surface area contributed by atoms with Gasteiger partial charge in [0.05, 0.1) is 6.04 Å². The van der Waals surface area contributed by atoms with Crippen molar-refractivity contribution in [3.8, 4) is 11.5 Å². The first kappa shape index (κ1) is 15.7. The molecule has 3 nitrogen and oxygen atoms in total. The van der Waals surface area contributed by atoms with Crippen LogP contribution in [-0.2, 0) is 0 Å². The molecule has 0 amide bonds. The fourth-order valence-corrected chi connectivity index (χ4v) is 4.32. The molecule has 0 spiro atoms. The van der Waals surface area contributed by atoms with Gasteiger partial charge in [0, 0.05) is 30.3 Å². The number of fused-ring (bicyclic) bond motifs is 2. The average Bonchev–Trinajstić information content (AvgIpc) is 3.10. The van der Waals surface area contributed by atoms with E-state index in [4.69, 9.17) is 4.74 Å². The second-order valence-electron chi connectivity index (χ2n) is 6.74. The summed E-state index contributed by atoms with van der Waals surface area (Å²) in [6, 6.07) is 18.0. The van der Waals surface area contributed by atoms with Crippen molar-refractivity contribution in [2.75, 3.05) is 26.2 Å². The number of likely N-dealkylation sites (N-methyl/N-ethyl adjacent to an activating group) is 1. The van der Waals surface area contributed by atoms with Crippen LogP contribution in [0.2, 0.25) is 0 Å². The first-order valence-electron chi connectivity index (χ1n) is 9.15. The van der Waals surface area contributed by atoms with Gasteiger partial charge < -0.3 is 4.74 Å². The van der Waals surface area contributed by atoms with Gasteiger partial charge in [-0.05, 0) is 31.6 Å². The Morgan fingerprint density at radius 1 is 0.958 bits per heavy atom. The Labute approximate surface area is 144 Å². The molecular weight excluding hydrogens is 296 g/mol. The van der Waals surface area contributed by atoms with Gasteiger partial charge in [-0.2, -0.15) is 0 Å². The predicted molar refractivity (Wildman–Crippen MR) is 97.7 cm³/mol. The summed E-state index contributed by atoms with van der Waals surface area (Å²) in [6.45, 7) is 9.09. The fourth-order valence-electron chi connectivity index (χ4n) is 4.32. The zero-order chi connectivity index (χ0) is 16.5. The third kappa shape index (κ3) is 2.62. The van der Waals surface area contributed by atoms with Crippen molar-refractivity contribution in [2.45, 2.75) is 32.4 Å². The maximum Gasteiger partial charge on any atom is 0.132 e. The molecule has 0 N–H and O–H groups in total. The lowest BCUT2D eigenvalue weighted by Gasteiger charge is -2.35. The maximum atomic E-state index is 6.15. The first-order valence-corrected chi connectivity index (χ1v) is 9.15. The second kappa shape index (κ2) is 6.58. The summed E-state index contributed by atoms with van der Waals surface area (Å²) < 4.78 is 6.15. The molecule has 2 aliphatic heterocycles. The number of hydrogen-bond donors (Lipinski definition) is 0. The number of likely N-dealkylation sites (tertiary alicyclic amines) is 1. The molecule has 4 rings (SSSR count). The molecular formula is C21H26N2O. The van der Waals surface area contributed by atoms with E-state index in [9.17, 15) is 0 Å². The molecule has 1 saturated heterocycles. The van der Waals surface area contributed by atoms with Crippen LogP contribution in [0.4, 0.5) is 0 Å². The normalized spacial score (nSPS) is 20.7. The van der Waals surface area contributed by atoms with E-state index in [-0.39, 0.29) is 0 Å². The zero-order valence-corrected chi connectivity index (χ0v) is 14.6. The Bertz CT molecular complexity index is 665. The van der Waals surface area contributed by atoms with Crippen molar-refractivity contribution in [2.24, 2.45) is 0 Å². The SMILES string of the molecule is CCN(CC)C1CCN(C2c3ccccc3Oc3ccccc32)C1. The lowest BCUT2D eigenvalue weighted by molar-refractivity contribution is 0.194. The molecule has 0 aromatic heterocycles. The third-order valence-electron chi connectivity index (χ3n) is 5.54. The highest BCUT2D eigenvalue weighted by atomic mass is 16.5. The van der Waals surface area contributed by atoms with Crippen molar-refractivity contribution in [1.29, 1.82) is 0 Å². The van der Waals surface area contributed by atoms with Gasteiger partial charge >= 0.3 is 0 Å². The van der Waals surface area contributed by atoms with E-state index in [1.165, 1.54) is 17.5 Å². The Hall–Kier alpha value is -1.84. The molecule has 2 aliphatic rings. The molecule has 1 unspecified atom stereocenters. The van der Waals surface area contributed by atoms with Gasteiger partial charge in [-0.15, -0.1) is 0 Å². The molecule has 24 heavy (non-hydrogen) atoms. The van der Waals surface area contributed by atoms with Crippen LogP contribution in [0.1, 0.15) is 37.4 Å². The Morgan fingerprint density at radius 2 is 1.54 bits per heavy atom. The molecule has 0 bridgehead atoms. The molecule has 0 aliphatic carbocycles. The van der Waals surface area contributed by atoms with E-state index in [2.05, 4.69) is 72.2 Å². The summed E-state index contributed by atoms with van der Waals surface area (Å²) in [6.07, 6.45) is 1.25. The largest absolute Gasteiger partial charge is 0.457 e. The minimum absolute atomic E-state index is 0.312. The van der Waals surface area contributed by atoms with Crippen LogP contribution in [0.5, 0.6) is 11.5 Å². The number of hydrogen-bond acceptors (Lipinski definition) is 3. The van der Waals surface area contributed by atoms with Crippen LogP contribution >= 0.6 is 0 Å². The Kier molecular flexibility index (Phi) is 4.30. The second-order valence-corrected chi connectivity index (χ2v) is 6.74. The summed E-state index contributed by atoms with van der Waals surface area (Å²) >= 11 is 0. The van der Waals surface area contributed by atoms with Crippen LogP contribution in [0.15, 0.2) is 48.5 Å². The quantitative estimate of drug-likeness (QED) is 0.835. The monoisotopic (exact) mass is 322 g/mol. The first-order chi connectivity index (χ1) is 11.8. The minimum Gasteiger partial charge on any atom is -0.457 e. The topological polar surface area (TPSA) is 15.7 Å². The zero-order valence-electron chi connectivity index (χ0n) is 14.6. The molecule has 2 aromatic rings. The molecule has 3 heteroatoms. The maximum absolute atomic E-state index is 6.15. The predicted octanol–water partition coefficient (Wildman–Crippen LogP) is 4.30. The van der Waals surface area contributed by atoms with Crippen molar-refractivity contribution >= 4 is 0 Å². The van der Waals surface area contributed by atoms with Gasteiger partial charge in [0.15, 0.2) is 0 Å². The highest BCUT2D eigenvalue weighted by Crippen LogP contribution is 2.46. The van der Waals surface area contributed by atoms with Gasteiger partial charge in [0.1, 0.15) is 11.5 Å². The number of para-hydroxylation sites is 2. The van der Waals surface area contributed by atoms with Crippen molar-refractivity contribution in [3.05, 3.63) is 59.7 Å². The molecule has 2 heterocycles. The highest BCUT2D eigenvalue weighted by molar-refractivity contribution is 5.53. The molecule has 0 saturated carbocycles. The van der Waals surface area contributed by atoms with Crippen LogP contribution in [-0.4, -0.2) is 42.0 Å². The van der Waals surface area contributed by atoms with Gasteiger partial charge in [-0.1, -0.05) is 50.2 Å². The summed E-state index contributed by atoms with van der Waals surface area (Å²) in [5.41, 5.74) is 2.60. The molecule has 126 valence electrons. The smallest absolute Gasteiger partial charge is 0.132 e. The summed E-state index contributed by atoms with van der Waals surface area (Å²) in [5.74, 6) is 2.01. The molecule has 2 aromatic carbocycles. The standard InChI is InChI=1S/C21H26N2O/c1-3-22(4-2)16-13-14-23(15-16)21-17-9-5-7-11-19(17)24-20-12-8-6-10-18(20)21/h5-12,16,21H,3-4,13-15H2,1-2H3. The molecule has 1 fully saturated rings. The van der Waals surface area contributed by atoms with Gasteiger partial charge in [-0.3, -0.25) is 9.80 Å². The fraction of sp³-hybridized carbons (Fsp3) is 0.429. The van der Waals surface area contributed by atoms with Crippen LogP contribution in [0.3, 0.4) is 0 Å². The van der Waals surface area contributed by atoms with E-state index in [0.717, 1.165) is 37.7 Å². The Morgan fingerprint density at radius 3 is 2.12 bits per heavy atom. The van der Waals surface area contributed by atoms with Gasteiger partial charge in [0.2, 0.25) is 0 Å². The number of ether oxygens (including phenoxy) is 1. The molecule has 1 atom stereocenters. The lowest BCUT2D eigenvalue weighted by atomic mass is 9.93. The Balaban J connectivity index is 1.68. The minimum atomic E-state index is 0.312. The highest BCUT2D eigenvalue weighted by Gasteiger charge is 2.36. The number of rotatable bonds is 4. The van der Waals surface area contributed by atoms with E-state index in [0.29, 0.717) is 12.1 Å². The number of nitrogens with zero attached hydrogens (tertiary/aromatic N) is 2. The van der Waals surface area contributed by atoms with Crippen LogP contribution < -0.4 is 4.74 Å². The lowest BCUT2D eigenvalue weighted by Crippen LogP contribution is -2.38. The van der Waals surface area contributed by atoms with Crippen molar-refractivity contribution < 1.29 is 4.74 Å². The summed E-state index contributed by atoms with van der Waals surface area (Å²) in [5, 5.41) is 0. The van der Waals surface area contributed by atoms with E-state index < -0.39 is 0 Å². The van der Waals surface area contributed by atoms with E-state index >= 15 is 0 Å². The van der Waals surface area contributed by atoms with Crippen LogP contribution in [0, 0.1) is 0 Å². The number of benzene rings is 2. The summed E-state index contributed by atoms with van der Waals surface area (Å²) in [7, 11) is 0. The third-order valence-corrected chi connectivity index (χ3v) is 5.54. The van der Waals surface area contributed by atoms with E-state index in [1.807, 2.05) is 0 Å². The van der Waals surface area contributed by atoms with Crippen molar-refractivity contribution in [1.82, 2.24) is 9.80 Å². The summed E-state index contributed by atoms with van der Waals surface area (Å²) in [4.78, 5) is 5.24. The van der Waals surface area contributed by atoms with Gasteiger partial charge in [0.25, 0.3) is 0 Å². The molecule has 0 radical (unpaired) electrons. The average molecular weight is 322 g/mol. The van der Waals surface area contributed by atoms with E-state index in [1.54, 1.807) is 0 Å². The van der Waals surface area contributed by atoms with Crippen molar-refractivity contribution in [3.63, 3.8) is 0 Å².